The second-order valence-electron chi connectivity index (χ2n) is 4.13. The summed E-state index contributed by atoms with van der Waals surface area (Å²) in [6, 6.07) is 1.75. The highest BCUT2D eigenvalue weighted by atomic mass is 35.5. The Morgan fingerprint density at radius 1 is 1.50 bits per heavy atom. The lowest BCUT2D eigenvalue weighted by Crippen LogP contribution is -2.20. The Bertz CT molecular complexity index is 615. The third kappa shape index (κ3) is 3.59. The average molecular weight is 317 g/mol. The van der Waals surface area contributed by atoms with E-state index in [9.17, 15) is 4.79 Å². The van der Waals surface area contributed by atoms with Crippen LogP contribution in [0.4, 0.5) is 0 Å². The minimum absolute atomic E-state index is 0.100. The van der Waals surface area contributed by atoms with Crippen molar-refractivity contribution in [1.82, 2.24) is 14.5 Å². The topological polar surface area (TPSA) is 83.0 Å². The number of carbonyl (C=O) groups is 1. The third-order valence-corrected chi connectivity index (χ3v) is 3.05. The summed E-state index contributed by atoms with van der Waals surface area (Å²) >= 11 is 11.7. The number of primary amides is 1. The van der Waals surface area contributed by atoms with E-state index in [1.165, 1.54) is 0 Å². The van der Waals surface area contributed by atoms with E-state index in [0.29, 0.717) is 36.0 Å². The zero-order valence-electron chi connectivity index (χ0n) is 10.7. The van der Waals surface area contributed by atoms with Crippen LogP contribution in [0.2, 0.25) is 5.02 Å². The van der Waals surface area contributed by atoms with Crippen LogP contribution in [-0.2, 0) is 22.5 Å². The Morgan fingerprint density at radius 3 is 3.00 bits per heavy atom. The lowest BCUT2D eigenvalue weighted by Gasteiger charge is -2.07. The molecule has 108 valence electrons. The van der Waals surface area contributed by atoms with E-state index in [1.807, 2.05) is 4.57 Å². The number of alkyl halides is 1. The van der Waals surface area contributed by atoms with Crippen LogP contribution >= 0.6 is 23.2 Å². The molecule has 0 saturated carbocycles. The molecule has 0 aromatic carbocycles. The predicted molar refractivity (Wildman–Crippen MR) is 77.0 cm³/mol. The zero-order chi connectivity index (χ0) is 14.5. The number of carbonyl (C=O) groups excluding carboxylic acids is 1. The normalized spacial score (nSPS) is 11.1. The number of hydrogen-bond donors (Lipinski definition) is 1. The average Bonchev–Trinajstić information content (AvgIpc) is 2.72. The Morgan fingerprint density at radius 2 is 2.30 bits per heavy atom. The fourth-order valence-electron chi connectivity index (χ4n) is 1.87. The van der Waals surface area contributed by atoms with Crippen LogP contribution in [0.3, 0.4) is 0 Å². The number of fused-ring (bicyclic) bond motifs is 1. The van der Waals surface area contributed by atoms with Gasteiger partial charge in [0.05, 0.1) is 11.6 Å². The van der Waals surface area contributed by atoms with Crippen LogP contribution in [0, 0.1) is 0 Å². The number of hydrogen-bond acceptors (Lipinski definition) is 4. The van der Waals surface area contributed by atoms with Gasteiger partial charge >= 0.3 is 0 Å². The Balaban J connectivity index is 2.19. The quantitative estimate of drug-likeness (QED) is 0.617. The first-order valence-electron chi connectivity index (χ1n) is 6.04. The van der Waals surface area contributed by atoms with Gasteiger partial charge in [-0.15, -0.1) is 11.6 Å². The second-order valence-corrected chi connectivity index (χ2v) is 4.95. The SMILES string of the molecule is NC(=O)COCCn1c(CCCl)nc2cc(Cl)cnc21. The maximum atomic E-state index is 10.6. The minimum atomic E-state index is -0.494. The van der Waals surface area contributed by atoms with Gasteiger partial charge < -0.3 is 15.0 Å². The summed E-state index contributed by atoms with van der Waals surface area (Å²) in [5.74, 6) is 0.776. The molecule has 0 aliphatic carbocycles. The number of aryl methyl sites for hydroxylation is 1. The highest BCUT2D eigenvalue weighted by Crippen LogP contribution is 2.18. The van der Waals surface area contributed by atoms with Gasteiger partial charge in [-0.3, -0.25) is 4.79 Å². The van der Waals surface area contributed by atoms with Crippen molar-refractivity contribution in [2.75, 3.05) is 19.1 Å². The molecule has 8 heteroatoms. The molecular weight excluding hydrogens is 303 g/mol. The highest BCUT2D eigenvalue weighted by Gasteiger charge is 2.12. The smallest absolute Gasteiger partial charge is 0.243 e. The van der Waals surface area contributed by atoms with Gasteiger partial charge in [0.15, 0.2) is 5.65 Å². The van der Waals surface area contributed by atoms with E-state index >= 15 is 0 Å². The molecule has 0 fully saturated rings. The second kappa shape index (κ2) is 6.88. The maximum Gasteiger partial charge on any atom is 0.243 e. The van der Waals surface area contributed by atoms with Crippen molar-refractivity contribution < 1.29 is 9.53 Å². The fourth-order valence-corrected chi connectivity index (χ4v) is 2.19. The molecule has 0 spiro atoms. The summed E-state index contributed by atoms with van der Waals surface area (Å²) in [4.78, 5) is 19.4. The predicted octanol–water partition coefficient (Wildman–Crippen LogP) is 1.37. The molecule has 0 radical (unpaired) electrons. The minimum Gasteiger partial charge on any atom is -0.370 e. The molecule has 0 atom stereocenters. The van der Waals surface area contributed by atoms with E-state index in [0.717, 1.165) is 11.5 Å². The summed E-state index contributed by atoms with van der Waals surface area (Å²) in [7, 11) is 0. The van der Waals surface area contributed by atoms with Crippen LogP contribution in [0.1, 0.15) is 5.82 Å². The molecule has 20 heavy (non-hydrogen) atoms. The largest absolute Gasteiger partial charge is 0.370 e. The van der Waals surface area contributed by atoms with Crippen molar-refractivity contribution >= 4 is 40.3 Å². The molecule has 0 aliphatic rings. The van der Waals surface area contributed by atoms with Gasteiger partial charge in [0.2, 0.25) is 5.91 Å². The van der Waals surface area contributed by atoms with Crippen LogP contribution in [0.5, 0.6) is 0 Å². The zero-order valence-corrected chi connectivity index (χ0v) is 12.2. The molecule has 2 heterocycles. The molecule has 0 saturated heterocycles. The number of amides is 1. The number of nitrogens with zero attached hydrogens (tertiary/aromatic N) is 3. The Hall–Kier alpha value is -1.37. The van der Waals surface area contributed by atoms with Gasteiger partial charge in [-0.25, -0.2) is 9.97 Å². The van der Waals surface area contributed by atoms with E-state index < -0.39 is 5.91 Å². The lowest BCUT2D eigenvalue weighted by molar-refractivity contribution is -0.122. The van der Waals surface area contributed by atoms with E-state index in [2.05, 4.69) is 9.97 Å². The van der Waals surface area contributed by atoms with Crippen LogP contribution in [-0.4, -0.2) is 39.5 Å². The van der Waals surface area contributed by atoms with Gasteiger partial charge in [0.25, 0.3) is 0 Å². The first kappa shape index (κ1) is 15.0. The molecular formula is C12H14Cl2N4O2. The number of imidazole rings is 1. The number of nitrogens with two attached hydrogens (primary N) is 1. The number of pyridine rings is 1. The first-order valence-corrected chi connectivity index (χ1v) is 6.95. The van der Waals surface area contributed by atoms with Crippen LogP contribution < -0.4 is 5.73 Å². The molecule has 0 bridgehead atoms. The highest BCUT2D eigenvalue weighted by molar-refractivity contribution is 6.31. The van der Waals surface area contributed by atoms with Crippen molar-refractivity contribution in [2.45, 2.75) is 13.0 Å². The van der Waals surface area contributed by atoms with Gasteiger partial charge in [0, 0.05) is 25.0 Å². The molecule has 0 aliphatic heterocycles. The van der Waals surface area contributed by atoms with Crippen molar-refractivity contribution in [3.8, 4) is 0 Å². The van der Waals surface area contributed by atoms with Gasteiger partial charge in [0.1, 0.15) is 17.9 Å². The fraction of sp³-hybridized carbons (Fsp3) is 0.417. The van der Waals surface area contributed by atoms with Crippen molar-refractivity contribution in [2.24, 2.45) is 5.73 Å². The summed E-state index contributed by atoms with van der Waals surface area (Å²) in [6.07, 6.45) is 2.18. The van der Waals surface area contributed by atoms with Crippen LogP contribution in [0.15, 0.2) is 12.3 Å². The summed E-state index contributed by atoms with van der Waals surface area (Å²) in [5, 5.41) is 0.532. The lowest BCUT2D eigenvalue weighted by atomic mass is 10.4. The van der Waals surface area contributed by atoms with Gasteiger partial charge in [-0.1, -0.05) is 11.6 Å². The maximum absolute atomic E-state index is 10.6. The van der Waals surface area contributed by atoms with Crippen molar-refractivity contribution in [3.05, 3.63) is 23.1 Å². The molecule has 2 aromatic heterocycles. The van der Waals surface area contributed by atoms with E-state index in [4.69, 9.17) is 33.7 Å². The molecule has 2 N–H and O–H groups in total. The van der Waals surface area contributed by atoms with Crippen LogP contribution in [0.25, 0.3) is 11.2 Å². The number of halogens is 2. The van der Waals surface area contributed by atoms with Gasteiger partial charge in [-0.05, 0) is 6.07 Å². The number of aromatic nitrogens is 3. The van der Waals surface area contributed by atoms with E-state index in [-0.39, 0.29) is 6.61 Å². The molecule has 6 nitrogen and oxygen atoms in total. The summed E-state index contributed by atoms with van der Waals surface area (Å²) in [5.41, 5.74) is 6.44. The molecule has 0 unspecified atom stereocenters. The summed E-state index contributed by atoms with van der Waals surface area (Å²) in [6.45, 7) is 0.759. The Labute approximate surface area is 125 Å². The molecule has 1 amide bonds. The standard InChI is InChI=1S/C12H14Cl2N4O2/c13-2-1-11-17-9-5-8(14)6-16-12(9)18(11)3-4-20-7-10(15)19/h5-6H,1-4,7H2,(H2,15,19). The van der Waals surface area contributed by atoms with E-state index in [1.54, 1.807) is 12.3 Å². The Kier molecular flexibility index (Phi) is 5.17. The molecule has 2 rings (SSSR count). The molecule has 2 aromatic rings. The number of ether oxygens (including phenoxy) is 1. The van der Waals surface area contributed by atoms with Crippen molar-refractivity contribution in [1.29, 1.82) is 0 Å². The van der Waals surface area contributed by atoms with Gasteiger partial charge in [-0.2, -0.15) is 0 Å². The third-order valence-electron chi connectivity index (χ3n) is 2.65. The summed E-state index contributed by atoms with van der Waals surface area (Å²) < 4.78 is 7.08. The number of rotatable bonds is 7. The first-order chi connectivity index (χ1) is 9.61. The van der Waals surface area contributed by atoms with Crippen molar-refractivity contribution in [3.63, 3.8) is 0 Å². The monoisotopic (exact) mass is 316 g/mol.